The van der Waals surface area contributed by atoms with E-state index in [4.69, 9.17) is 10.2 Å². The van der Waals surface area contributed by atoms with E-state index in [0.29, 0.717) is 31.6 Å². The molecule has 3 aromatic heterocycles. The van der Waals surface area contributed by atoms with Gasteiger partial charge >= 0.3 is 12.3 Å². The van der Waals surface area contributed by atoms with Crippen LogP contribution in [0, 0.1) is 0 Å². The Balaban J connectivity index is 1.54. The molecule has 0 spiro atoms. The van der Waals surface area contributed by atoms with Crippen LogP contribution in [0.2, 0.25) is 18.1 Å². The highest BCUT2D eigenvalue weighted by atomic mass is 28.4. The molecule has 1 fully saturated rings. The number of carbonyl (C=O) groups excluding carboxylic acids is 1. The minimum absolute atomic E-state index is 0.0492. The third kappa shape index (κ3) is 7.68. The standard InChI is InChI=1S/C29H37F3N8O4Si/c1-27(2,3)45(4,5)44-17-28(39-26(42)43)10-14-40(15-11-28)20-9-7-13-35-24(20)38-25(41)22-23(33)36-16-19(37-22)21-18(29(30,31)32)8-6-12-34-21/h6-9,12-13,16,39H,10-11,14-15,17H2,1-5H3,(H2,33,36)(H,42,43)(H,35,38,41). The maximum Gasteiger partial charge on any atom is 0.418 e. The van der Waals surface area contributed by atoms with Gasteiger partial charge in [0.2, 0.25) is 0 Å². The number of amides is 2. The second-order valence-corrected chi connectivity index (χ2v) is 17.3. The number of aromatic nitrogens is 4. The summed E-state index contributed by atoms with van der Waals surface area (Å²) in [5.41, 5.74) is 3.48. The summed E-state index contributed by atoms with van der Waals surface area (Å²) < 4.78 is 47.2. The van der Waals surface area contributed by atoms with Crippen molar-refractivity contribution >= 4 is 37.6 Å². The van der Waals surface area contributed by atoms with E-state index in [1.54, 1.807) is 12.1 Å². The first kappa shape index (κ1) is 33.6. The second-order valence-electron chi connectivity index (χ2n) is 12.5. The van der Waals surface area contributed by atoms with E-state index in [0.717, 1.165) is 18.3 Å². The number of carboxylic acid groups (broad SMARTS) is 1. The number of nitrogens with one attached hydrogen (secondary N) is 2. The summed E-state index contributed by atoms with van der Waals surface area (Å²) >= 11 is 0. The molecule has 16 heteroatoms. The van der Waals surface area contributed by atoms with Gasteiger partial charge in [-0.2, -0.15) is 13.2 Å². The maximum atomic E-state index is 13.6. The number of rotatable bonds is 8. The van der Waals surface area contributed by atoms with Crippen molar-refractivity contribution in [3.8, 4) is 11.4 Å². The Morgan fingerprint density at radius 2 is 1.73 bits per heavy atom. The van der Waals surface area contributed by atoms with Crippen LogP contribution < -0.4 is 21.3 Å². The summed E-state index contributed by atoms with van der Waals surface area (Å²) in [6, 6.07) is 5.45. The van der Waals surface area contributed by atoms with Crippen molar-refractivity contribution in [2.45, 2.75) is 63.5 Å². The summed E-state index contributed by atoms with van der Waals surface area (Å²) in [5, 5.41) is 14.9. The van der Waals surface area contributed by atoms with Gasteiger partial charge in [0, 0.05) is 25.5 Å². The van der Waals surface area contributed by atoms with E-state index >= 15 is 0 Å². The van der Waals surface area contributed by atoms with Crippen LogP contribution in [0.4, 0.5) is 35.3 Å². The Kier molecular flexibility index (Phi) is 9.39. The lowest BCUT2D eigenvalue weighted by atomic mass is 9.88. The van der Waals surface area contributed by atoms with Crippen LogP contribution in [0.5, 0.6) is 0 Å². The average Bonchev–Trinajstić information content (AvgIpc) is 2.96. The number of nitrogen functional groups attached to an aromatic ring is 1. The average molecular weight is 647 g/mol. The molecule has 0 unspecified atom stereocenters. The molecule has 45 heavy (non-hydrogen) atoms. The Morgan fingerprint density at radius 3 is 2.36 bits per heavy atom. The first-order valence-corrected chi connectivity index (χ1v) is 17.1. The van der Waals surface area contributed by atoms with Gasteiger partial charge in [-0.25, -0.2) is 19.7 Å². The molecule has 1 aliphatic rings. The van der Waals surface area contributed by atoms with Crippen molar-refractivity contribution in [1.29, 1.82) is 0 Å². The number of nitrogens with two attached hydrogens (primary N) is 1. The molecule has 0 bridgehead atoms. The highest BCUT2D eigenvalue weighted by Gasteiger charge is 2.43. The molecule has 1 aliphatic heterocycles. The van der Waals surface area contributed by atoms with Gasteiger partial charge in [0.05, 0.1) is 29.6 Å². The van der Waals surface area contributed by atoms with Gasteiger partial charge in [-0.1, -0.05) is 20.8 Å². The third-order valence-corrected chi connectivity index (χ3v) is 12.8. The SMILES string of the molecule is CC(C)(C)[Si](C)(C)OCC1(NC(=O)O)CCN(c2cccnc2NC(=O)c2nc(-c3ncccc3C(F)(F)F)cnc2N)CC1. The number of alkyl halides is 3. The van der Waals surface area contributed by atoms with E-state index in [1.807, 2.05) is 4.90 Å². The summed E-state index contributed by atoms with van der Waals surface area (Å²) in [6.45, 7) is 11.7. The predicted octanol–water partition coefficient (Wildman–Crippen LogP) is 5.42. The molecule has 0 atom stereocenters. The first-order valence-electron chi connectivity index (χ1n) is 14.2. The maximum absolute atomic E-state index is 13.6. The van der Waals surface area contributed by atoms with E-state index < -0.39 is 49.0 Å². The van der Waals surface area contributed by atoms with E-state index in [2.05, 4.69) is 64.4 Å². The van der Waals surface area contributed by atoms with Crippen LogP contribution in [-0.4, -0.2) is 70.6 Å². The van der Waals surface area contributed by atoms with Crippen LogP contribution in [0.25, 0.3) is 11.4 Å². The molecule has 4 heterocycles. The Hall–Kier alpha value is -4.31. The van der Waals surface area contributed by atoms with Gasteiger partial charge < -0.3 is 30.8 Å². The van der Waals surface area contributed by atoms with Crippen LogP contribution in [0.1, 0.15) is 49.7 Å². The van der Waals surface area contributed by atoms with Crippen LogP contribution in [0.3, 0.4) is 0 Å². The van der Waals surface area contributed by atoms with Gasteiger partial charge in [0.1, 0.15) is 11.4 Å². The minimum atomic E-state index is -4.71. The quantitative estimate of drug-likeness (QED) is 0.232. The number of piperidine rings is 1. The zero-order chi connectivity index (χ0) is 33.2. The lowest BCUT2D eigenvalue weighted by Gasteiger charge is -2.45. The fourth-order valence-electron chi connectivity index (χ4n) is 4.68. The predicted molar refractivity (Wildman–Crippen MR) is 165 cm³/mol. The monoisotopic (exact) mass is 646 g/mol. The van der Waals surface area contributed by atoms with Gasteiger partial charge in [-0.15, -0.1) is 0 Å². The van der Waals surface area contributed by atoms with Crippen molar-refractivity contribution in [2.24, 2.45) is 0 Å². The summed E-state index contributed by atoms with van der Waals surface area (Å²) in [4.78, 5) is 43.1. The summed E-state index contributed by atoms with van der Waals surface area (Å²) in [6.07, 6.45) is -1.30. The van der Waals surface area contributed by atoms with E-state index in [9.17, 15) is 27.9 Å². The third-order valence-electron chi connectivity index (χ3n) is 8.34. The number of hydrogen-bond acceptors (Lipinski definition) is 9. The summed E-state index contributed by atoms with van der Waals surface area (Å²) in [7, 11) is -2.16. The molecule has 3 aromatic rings. The van der Waals surface area contributed by atoms with Gasteiger partial charge in [0.25, 0.3) is 5.91 Å². The molecular formula is C29H37F3N8O4Si. The molecule has 0 saturated carbocycles. The molecule has 0 aromatic carbocycles. The number of halogens is 3. The molecule has 0 radical (unpaired) electrons. The zero-order valence-electron chi connectivity index (χ0n) is 25.7. The molecule has 242 valence electrons. The van der Waals surface area contributed by atoms with Crippen molar-refractivity contribution in [2.75, 3.05) is 35.6 Å². The topological polar surface area (TPSA) is 168 Å². The van der Waals surface area contributed by atoms with Gasteiger partial charge in [-0.3, -0.25) is 9.78 Å². The second kappa shape index (κ2) is 12.6. The van der Waals surface area contributed by atoms with Crippen LogP contribution in [-0.2, 0) is 10.6 Å². The van der Waals surface area contributed by atoms with E-state index in [1.165, 1.54) is 12.4 Å². The number of hydrogen-bond donors (Lipinski definition) is 4. The van der Waals surface area contributed by atoms with Gasteiger partial charge in [0.15, 0.2) is 25.6 Å². The van der Waals surface area contributed by atoms with Crippen LogP contribution >= 0.6 is 0 Å². The minimum Gasteiger partial charge on any atom is -0.465 e. The fourth-order valence-corrected chi connectivity index (χ4v) is 5.75. The van der Waals surface area contributed by atoms with Gasteiger partial charge in [-0.05, 0) is 55.2 Å². The van der Waals surface area contributed by atoms with Crippen LogP contribution in [0.15, 0.2) is 42.9 Å². The molecule has 0 aliphatic carbocycles. The molecule has 5 N–H and O–H groups in total. The molecule has 4 rings (SSSR count). The number of carbonyl (C=O) groups is 2. The van der Waals surface area contributed by atoms with E-state index in [-0.39, 0.29) is 29.0 Å². The Labute approximate surface area is 259 Å². The number of nitrogens with zero attached hydrogens (tertiary/aromatic N) is 5. The first-order chi connectivity index (χ1) is 20.9. The smallest absolute Gasteiger partial charge is 0.418 e. The lowest BCUT2D eigenvalue weighted by molar-refractivity contribution is -0.137. The summed E-state index contributed by atoms with van der Waals surface area (Å²) in [5.74, 6) is -0.949. The molecular weight excluding hydrogens is 609 g/mol. The highest BCUT2D eigenvalue weighted by Crippen LogP contribution is 2.39. The normalized spacial score (nSPS) is 15.4. The number of anilines is 3. The molecule has 2 amide bonds. The fraction of sp³-hybridized carbons (Fsp3) is 0.448. The van der Waals surface area contributed by atoms with Crippen molar-refractivity contribution in [3.05, 3.63) is 54.1 Å². The largest absolute Gasteiger partial charge is 0.465 e. The highest BCUT2D eigenvalue weighted by molar-refractivity contribution is 6.74. The Morgan fingerprint density at radius 1 is 1.09 bits per heavy atom. The van der Waals surface area contributed by atoms with Crippen molar-refractivity contribution < 1.29 is 32.3 Å². The number of pyridine rings is 2. The Bertz CT molecular complexity index is 1560. The zero-order valence-corrected chi connectivity index (χ0v) is 26.7. The molecule has 1 saturated heterocycles. The lowest BCUT2D eigenvalue weighted by Crippen LogP contribution is -2.59. The molecule has 12 nitrogen and oxygen atoms in total. The van der Waals surface area contributed by atoms with Crippen molar-refractivity contribution in [3.63, 3.8) is 0 Å². The van der Waals surface area contributed by atoms with Crippen molar-refractivity contribution in [1.82, 2.24) is 25.3 Å².